The maximum absolute atomic E-state index is 11.7. The molecule has 0 aromatic heterocycles. The van der Waals surface area contributed by atoms with Crippen LogP contribution in [-0.4, -0.2) is 11.9 Å². The minimum absolute atomic E-state index is 0.229. The molecule has 0 N–H and O–H groups in total. The number of carbonyl (C=O) groups excluding carboxylic acids is 2. The van der Waals surface area contributed by atoms with Crippen LogP contribution in [0, 0.1) is 13.8 Å². The molecule has 4 heteroatoms. The van der Waals surface area contributed by atoms with Crippen molar-refractivity contribution in [3.8, 4) is 11.5 Å². The van der Waals surface area contributed by atoms with Gasteiger partial charge in [-0.1, -0.05) is 25.3 Å². The molecule has 0 heterocycles. The summed E-state index contributed by atoms with van der Waals surface area (Å²) in [6.07, 6.45) is 0. The number of aryl methyl sites for hydroxylation is 2. The summed E-state index contributed by atoms with van der Waals surface area (Å²) in [6.45, 7) is 13.7. The van der Waals surface area contributed by atoms with Crippen LogP contribution in [0.5, 0.6) is 11.5 Å². The Labute approximate surface area is 118 Å². The van der Waals surface area contributed by atoms with E-state index in [-0.39, 0.29) is 22.6 Å². The standard InChI is InChI=1S/C16H18O4/c1-9(2)15(17)19-13-11(5)7-8-12(6)14(13)20-16(18)10(3)4/h7-8H,1,3H2,2,4-6H3. The van der Waals surface area contributed by atoms with Crippen LogP contribution in [0.15, 0.2) is 36.4 Å². The lowest BCUT2D eigenvalue weighted by molar-refractivity contribution is -0.132. The smallest absolute Gasteiger partial charge is 0.338 e. The van der Waals surface area contributed by atoms with Gasteiger partial charge in [-0.2, -0.15) is 0 Å². The third-order valence-electron chi connectivity index (χ3n) is 2.59. The van der Waals surface area contributed by atoms with Gasteiger partial charge < -0.3 is 9.47 Å². The van der Waals surface area contributed by atoms with Crippen molar-refractivity contribution in [2.24, 2.45) is 0 Å². The zero-order valence-corrected chi connectivity index (χ0v) is 12.2. The molecule has 0 bridgehead atoms. The minimum Gasteiger partial charge on any atom is -0.419 e. The van der Waals surface area contributed by atoms with E-state index < -0.39 is 11.9 Å². The third kappa shape index (κ3) is 3.57. The number of rotatable bonds is 4. The van der Waals surface area contributed by atoms with Crippen molar-refractivity contribution in [3.63, 3.8) is 0 Å². The average molecular weight is 274 g/mol. The summed E-state index contributed by atoms with van der Waals surface area (Å²) in [5, 5.41) is 0. The number of benzene rings is 1. The molecule has 0 aliphatic heterocycles. The van der Waals surface area contributed by atoms with Gasteiger partial charge in [0, 0.05) is 11.1 Å². The summed E-state index contributed by atoms with van der Waals surface area (Å²) in [5.74, 6) is -0.669. The lowest BCUT2D eigenvalue weighted by Crippen LogP contribution is -2.14. The van der Waals surface area contributed by atoms with Gasteiger partial charge in [-0.3, -0.25) is 0 Å². The molecule has 0 atom stereocenters. The van der Waals surface area contributed by atoms with Gasteiger partial charge in [0.15, 0.2) is 11.5 Å². The quantitative estimate of drug-likeness (QED) is 0.480. The van der Waals surface area contributed by atoms with E-state index in [1.54, 1.807) is 39.8 Å². The van der Waals surface area contributed by atoms with Crippen LogP contribution in [0.4, 0.5) is 0 Å². The van der Waals surface area contributed by atoms with Gasteiger partial charge in [0.2, 0.25) is 0 Å². The Balaban J connectivity index is 3.24. The van der Waals surface area contributed by atoms with Crippen molar-refractivity contribution in [1.82, 2.24) is 0 Å². The number of ether oxygens (including phenoxy) is 2. The Morgan fingerprint density at radius 1 is 0.850 bits per heavy atom. The lowest BCUT2D eigenvalue weighted by Gasteiger charge is -2.15. The molecule has 1 aromatic carbocycles. The number of hydrogen-bond donors (Lipinski definition) is 0. The fraction of sp³-hybridized carbons (Fsp3) is 0.250. The normalized spacial score (nSPS) is 9.80. The predicted octanol–water partition coefficient (Wildman–Crippen LogP) is 3.27. The molecule has 0 aliphatic carbocycles. The zero-order valence-electron chi connectivity index (χ0n) is 12.2. The zero-order chi connectivity index (χ0) is 15.4. The number of esters is 2. The summed E-state index contributed by atoms with van der Waals surface area (Å²) >= 11 is 0. The molecule has 0 saturated heterocycles. The molecule has 0 spiro atoms. The first kappa shape index (κ1) is 15.7. The van der Waals surface area contributed by atoms with Gasteiger partial charge in [0.25, 0.3) is 0 Å². The van der Waals surface area contributed by atoms with Gasteiger partial charge in [-0.25, -0.2) is 9.59 Å². The molecule has 4 nitrogen and oxygen atoms in total. The summed E-state index contributed by atoms with van der Waals surface area (Å²) in [4.78, 5) is 23.3. The molecule has 0 radical (unpaired) electrons. The maximum atomic E-state index is 11.7. The van der Waals surface area contributed by atoms with E-state index in [0.717, 1.165) is 0 Å². The van der Waals surface area contributed by atoms with E-state index in [1.165, 1.54) is 0 Å². The topological polar surface area (TPSA) is 52.6 Å². The highest BCUT2D eigenvalue weighted by Gasteiger charge is 2.19. The van der Waals surface area contributed by atoms with E-state index in [0.29, 0.717) is 11.1 Å². The van der Waals surface area contributed by atoms with Crippen LogP contribution in [0.25, 0.3) is 0 Å². The van der Waals surface area contributed by atoms with Gasteiger partial charge in [-0.15, -0.1) is 0 Å². The van der Waals surface area contributed by atoms with Gasteiger partial charge in [0.1, 0.15) is 0 Å². The first-order chi connectivity index (χ1) is 9.23. The molecule has 0 fully saturated rings. The van der Waals surface area contributed by atoms with Crippen LogP contribution in [0.2, 0.25) is 0 Å². The highest BCUT2D eigenvalue weighted by molar-refractivity contribution is 5.91. The molecule has 0 unspecified atom stereocenters. The Morgan fingerprint density at radius 2 is 1.15 bits per heavy atom. The van der Waals surface area contributed by atoms with Gasteiger partial charge >= 0.3 is 11.9 Å². The molecule has 1 aromatic rings. The molecule has 1 rings (SSSR count). The maximum Gasteiger partial charge on any atom is 0.338 e. The van der Waals surface area contributed by atoms with Crippen molar-refractivity contribution in [2.45, 2.75) is 27.7 Å². The Kier molecular flexibility index (Phi) is 4.86. The highest BCUT2D eigenvalue weighted by Crippen LogP contribution is 2.35. The molecular weight excluding hydrogens is 256 g/mol. The van der Waals surface area contributed by atoms with Crippen molar-refractivity contribution in [2.75, 3.05) is 0 Å². The Morgan fingerprint density at radius 3 is 1.40 bits per heavy atom. The van der Waals surface area contributed by atoms with E-state index in [2.05, 4.69) is 13.2 Å². The second-order valence-electron chi connectivity index (χ2n) is 4.70. The molecule has 20 heavy (non-hydrogen) atoms. The van der Waals surface area contributed by atoms with Gasteiger partial charge in [0.05, 0.1) is 0 Å². The van der Waals surface area contributed by atoms with E-state index in [4.69, 9.17) is 9.47 Å². The number of carbonyl (C=O) groups is 2. The second kappa shape index (κ2) is 6.19. The molecule has 0 saturated carbocycles. The van der Waals surface area contributed by atoms with E-state index >= 15 is 0 Å². The second-order valence-corrected chi connectivity index (χ2v) is 4.70. The largest absolute Gasteiger partial charge is 0.419 e. The highest BCUT2D eigenvalue weighted by atomic mass is 16.6. The first-order valence-corrected chi connectivity index (χ1v) is 6.09. The van der Waals surface area contributed by atoms with Crippen LogP contribution in [0.3, 0.4) is 0 Å². The van der Waals surface area contributed by atoms with Crippen LogP contribution < -0.4 is 9.47 Å². The summed E-state index contributed by atoms with van der Waals surface area (Å²) < 4.78 is 10.5. The van der Waals surface area contributed by atoms with Gasteiger partial charge in [-0.05, 0) is 38.8 Å². The first-order valence-electron chi connectivity index (χ1n) is 6.09. The monoisotopic (exact) mass is 274 g/mol. The summed E-state index contributed by atoms with van der Waals surface area (Å²) in [6, 6.07) is 3.57. The van der Waals surface area contributed by atoms with Crippen LogP contribution in [-0.2, 0) is 9.59 Å². The number of hydrogen-bond acceptors (Lipinski definition) is 4. The molecule has 0 aliphatic rings. The fourth-order valence-electron chi connectivity index (χ4n) is 1.37. The SMILES string of the molecule is C=C(C)C(=O)Oc1c(C)ccc(C)c1OC(=O)C(=C)C. The van der Waals surface area contributed by atoms with E-state index in [1.807, 2.05) is 0 Å². The molecule has 0 amide bonds. The van der Waals surface area contributed by atoms with Crippen molar-refractivity contribution < 1.29 is 19.1 Å². The molecule has 106 valence electrons. The third-order valence-corrected chi connectivity index (χ3v) is 2.59. The van der Waals surface area contributed by atoms with E-state index in [9.17, 15) is 9.59 Å². The Hall–Kier alpha value is -2.36. The minimum atomic E-state index is -0.564. The Bertz CT molecular complexity index is 544. The molecular formula is C16H18O4. The van der Waals surface area contributed by atoms with Crippen LogP contribution >= 0.6 is 0 Å². The van der Waals surface area contributed by atoms with Crippen molar-refractivity contribution in [1.29, 1.82) is 0 Å². The van der Waals surface area contributed by atoms with Crippen LogP contribution in [0.1, 0.15) is 25.0 Å². The lowest BCUT2D eigenvalue weighted by atomic mass is 10.1. The van der Waals surface area contributed by atoms with Crippen molar-refractivity contribution >= 4 is 11.9 Å². The summed E-state index contributed by atoms with van der Waals surface area (Å²) in [7, 11) is 0. The predicted molar refractivity (Wildman–Crippen MR) is 76.8 cm³/mol. The summed E-state index contributed by atoms with van der Waals surface area (Å²) in [5.41, 5.74) is 1.91. The fourth-order valence-corrected chi connectivity index (χ4v) is 1.37. The van der Waals surface area contributed by atoms with Crippen molar-refractivity contribution in [3.05, 3.63) is 47.6 Å². The average Bonchev–Trinajstić information content (AvgIpc) is 2.37.